The molecule has 3 aliphatic rings. The maximum absolute atomic E-state index is 4.88. The first-order valence-corrected chi connectivity index (χ1v) is 11.4. The van der Waals surface area contributed by atoms with E-state index in [4.69, 9.17) is 20.0 Å². The van der Waals surface area contributed by atoms with Gasteiger partial charge in [-0.1, -0.05) is 6.08 Å². The Hall–Kier alpha value is -4.40. The van der Waals surface area contributed by atoms with Crippen LogP contribution < -0.4 is 20.4 Å². The molecule has 178 valence electrons. The highest BCUT2D eigenvalue weighted by molar-refractivity contribution is 6.26. The number of allylic oxidation sites excluding steroid dienone is 2. The van der Waals surface area contributed by atoms with Crippen LogP contribution in [0.15, 0.2) is 80.4 Å². The summed E-state index contributed by atoms with van der Waals surface area (Å²) in [6.07, 6.45) is 5.86. The third-order valence-electron chi connectivity index (χ3n) is 6.06. The fourth-order valence-corrected chi connectivity index (χ4v) is 4.11. The molecule has 2 aromatic carbocycles. The SMILES string of the molecule is CNc1cc(N(C)C)ccc1C1=NC2=CC=CC3=NC(c4ccc(N(C)C)cc4NC)=NC(=N1)N23. The van der Waals surface area contributed by atoms with Crippen LogP contribution in [0.1, 0.15) is 11.1 Å². The number of hydrogen-bond donors (Lipinski definition) is 2. The summed E-state index contributed by atoms with van der Waals surface area (Å²) in [7, 11) is 11.9. The minimum Gasteiger partial charge on any atom is -0.387 e. The van der Waals surface area contributed by atoms with E-state index in [0.717, 1.165) is 45.5 Å². The molecule has 3 heterocycles. The Balaban J connectivity index is 1.62. The van der Waals surface area contributed by atoms with Crippen molar-refractivity contribution in [2.24, 2.45) is 20.0 Å². The third kappa shape index (κ3) is 3.95. The molecule has 2 N–H and O–H groups in total. The van der Waals surface area contributed by atoms with E-state index in [1.165, 1.54) is 0 Å². The highest BCUT2D eigenvalue weighted by Crippen LogP contribution is 2.31. The van der Waals surface area contributed by atoms with Crippen LogP contribution in [0.4, 0.5) is 22.7 Å². The number of rotatable bonds is 6. The molecule has 0 atom stereocenters. The van der Waals surface area contributed by atoms with E-state index < -0.39 is 0 Å². The van der Waals surface area contributed by atoms with Gasteiger partial charge in [0.25, 0.3) is 0 Å². The lowest BCUT2D eigenvalue weighted by molar-refractivity contribution is 0.711. The maximum Gasteiger partial charge on any atom is 0.241 e. The largest absolute Gasteiger partial charge is 0.387 e. The minimum atomic E-state index is 0.545. The van der Waals surface area contributed by atoms with E-state index in [0.29, 0.717) is 17.6 Å². The number of guanidine groups is 1. The summed E-state index contributed by atoms with van der Waals surface area (Å²) in [4.78, 5) is 25.5. The van der Waals surface area contributed by atoms with Crippen LogP contribution in [0.25, 0.3) is 0 Å². The number of anilines is 4. The number of nitrogens with one attached hydrogen (secondary N) is 2. The summed E-state index contributed by atoms with van der Waals surface area (Å²) in [6, 6.07) is 12.4. The van der Waals surface area contributed by atoms with Gasteiger partial charge in [-0.3, -0.25) is 0 Å². The van der Waals surface area contributed by atoms with Crippen LogP contribution >= 0.6 is 0 Å². The average molecular weight is 468 g/mol. The van der Waals surface area contributed by atoms with Crippen LogP contribution in [0.5, 0.6) is 0 Å². The lowest BCUT2D eigenvalue weighted by Gasteiger charge is -2.32. The molecule has 0 aliphatic carbocycles. The number of hydrogen-bond acceptors (Lipinski definition) is 9. The van der Waals surface area contributed by atoms with E-state index in [9.17, 15) is 0 Å². The molecule has 5 rings (SSSR count). The fourth-order valence-electron chi connectivity index (χ4n) is 4.11. The molecule has 0 spiro atoms. The van der Waals surface area contributed by atoms with Gasteiger partial charge in [0.2, 0.25) is 5.96 Å². The normalized spacial score (nSPS) is 15.8. The zero-order valence-electron chi connectivity index (χ0n) is 20.8. The molecular weight excluding hydrogens is 438 g/mol. The van der Waals surface area contributed by atoms with Crippen molar-refractivity contribution in [2.75, 3.05) is 62.7 Å². The van der Waals surface area contributed by atoms with Crippen LogP contribution in [-0.4, -0.2) is 70.7 Å². The highest BCUT2D eigenvalue weighted by atomic mass is 15.4. The Labute approximate surface area is 205 Å². The zero-order valence-corrected chi connectivity index (χ0v) is 20.8. The quantitative estimate of drug-likeness (QED) is 0.679. The van der Waals surface area contributed by atoms with Crippen LogP contribution in [-0.2, 0) is 0 Å². The number of amidine groups is 3. The van der Waals surface area contributed by atoms with E-state index in [-0.39, 0.29) is 0 Å². The molecule has 0 fully saturated rings. The van der Waals surface area contributed by atoms with Crippen molar-refractivity contribution < 1.29 is 0 Å². The van der Waals surface area contributed by atoms with Gasteiger partial charge in [-0.25, -0.2) is 14.9 Å². The molecule has 9 heteroatoms. The molecule has 0 unspecified atom stereocenters. The van der Waals surface area contributed by atoms with Gasteiger partial charge in [0, 0.05) is 76.2 Å². The van der Waals surface area contributed by atoms with E-state index in [1.54, 1.807) is 0 Å². The summed E-state index contributed by atoms with van der Waals surface area (Å²) >= 11 is 0. The molecule has 0 saturated carbocycles. The Morgan fingerprint density at radius 1 is 0.714 bits per heavy atom. The molecular formula is C26H29N9. The minimum absolute atomic E-state index is 0.545. The van der Waals surface area contributed by atoms with Crippen molar-refractivity contribution in [3.63, 3.8) is 0 Å². The zero-order chi connectivity index (χ0) is 24.7. The summed E-state index contributed by atoms with van der Waals surface area (Å²) in [5.41, 5.74) is 5.91. The van der Waals surface area contributed by atoms with E-state index >= 15 is 0 Å². The van der Waals surface area contributed by atoms with Crippen molar-refractivity contribution in [3.05, 3.63) is 71.6 Å². The lowest BCUT2D eigenvalue weighted by Crippen LogP contribution is -2.41. The van der Waals surface area contributed by atoms with Crippen LogP contribution in [0.3, 0.4) is 0 Å². The van der Waals surface area contributed by atoms with Gasteiger partial charge in [0.05, 0.1) is 0 Å². The Bertz CT molecular complexity index is 1310. The van der Waals surface area contributed by atoms with Gasteiger partial charge in [-0.15, -0.1) is 0 Å². The number of nitrogens with zero attached hydrogens (tertiary/aromatic N) is 7. The van der Waals surface area contributed by atoms with Gasteiger partial charge >= 0.3 is 0 Å². The molecule has 0 amide bonds. The smallest absolute Gasteiger partial charge is 0.241 e. The molecule has 0 aromatic heterocycles. The predicted molar refractivity (Wildman–Crippen MR) is 148 cm³/mol. The molecule has 0 bridgehead atoms. The van der Waals surface area contributed by atoms with Crippen molar-refractivity contribution >= 4 is 46.2 Å². The van der Waals surface area contributed by atoms with Crippen molar-refractivity contribution in [1.82, 2.24) is 4.90 Å². The van der Waals surface area contributed by atoms with Gasteiger partial charge in [-0.05, 0) is 48.6 Å². The third-order valence-corrected chi connectivity index (χ3v) is 6.06. The standard InChI is InChI=1S/C26H29N9/c1-27-20-14-16(33(3)4)10-12-18(20)24-29-22-8-7-9-23-30-25(32-26(31-24)35(22)23)19-13-11-17(34(5)6)15-21(19)28-2/h7-15,27-28H,1-6H3. The number of aliphatic imine (C=N–C) groups is 4. The van der Waals surface area contributed by atoms with Gasteiger partial charge in [-0.2, -0.15) is 9.98 Å². The first kappa shape index (κ1) is 22.4. The second kappa shape index (κ2) is 8.75. The first-order chi connectivity index (χ1) is 16.9. The molecule has 9 nitrogen and oxygen atoms in total. The van der Waals surface area contributed by atoms with Crippen molar-refractivity contribution in [3.8, 4) is 0 Å². The van der Waals surface area contributed by atoms with E-state index in [2.05, 4.69) is 44.7 Å². The molecule has 3 aliphatic heterocycles. The van der Waals surface area contributed by atoms with E-state index in [1.807, 2.05) is 77.5 Å². The molecule has 0 saturated heterocycles. The summed E-state index contributed by atoms with van der Waals surface area (Å²) in [5, 5.41) is 6.57. The first-order valence-electron chi connectivity index (χ1n) is 11.4. The van der Waals surface area contributed by atoms with Crippen molar-refractivity contribution in [1.29, 1.82) is 0 Å². The Kier molecular flexibility index (Phi) is 5.60. The lowest BCUT2D eigenvalue weighted by atomic mass is 10.1. The summed E-state index contributed by atoms with van der Waals surface area (Å²) < 4.78 is 0. The topological polar surface area (TPSA) is 83.2 Å². The molecule has 0 radical (unpaired) electrons. The molecule has 35 heavy (non-hydrogen) atoms. The summed E-state index contributed by atoms with van der Waals surface area (Å²) in [5.74, 6) is 3.24. The molecule has 2 aromatic rings. The number of benzene rings is 2. The second-order valence-corrected chi connectivity index (χ2v) is 8.72. The predicted octanol–water partition coefficient (Wildman–Crippen LogP) is 3.59. The van der Waals surface area contributed by atoms with Crippen molar-refractivity contribution in [2.45, 2.75) is 0 Å². The Morgan fingerprint density at radius 2 is 1.29 bits per heavy atom. The Morgan fingerprint density at radius 3 is 1.83 bits per heavy atom. The summed E-state index contributed by atoms with van der Waals surface area (Å²) in [6.45, 7) is 0. The highest BCUT2D eigenvalue weighted by Gasteiger charge is 2.32. The maximum atomic E-state index is 4.88. The fraction of sp³-hybridized carbons (Fsp3) is 0.231. The van der Waals surface area contributed by atoms with Gasteiger partial charge in [0.15, 0.2) is 11.7 Å². The second-order valence-electron chi connectivity index (χ2n) is 8.72. The van der Waals surface area contributed by atoms with Gasteiger partial charge in [0.1, 0.15) is 11.7 Å². The monoisotopic (exact) mass is 467 g/mol. The average Bonchev–Trinajstić information content (AvgIpc) is 2.87. The van der Waals surface area contributed by atoms with Crippen LogP contribution in [0, 0.1) is 0 Å². The van der Waals surface area contributed by atoms with Gasteiger partial charge < -0.3 is 20.4 Å². The van der Waals surface area contributed by atoms with Crippen LogP contribution in [0.2, 0.25) is 0 Å².